The summed E-state index contributed by atoms with van der Waals surface area (Å²) in [7, 11) is 0. The van der Waals surface area contributed by atoms with E-state index in [-0.39, 0.29) is 12.5 Å². The highest BCUT2D eigenvalue weighted by atomic mass is 32.1. The molecule has 2 amide bonds. The third kappa shape index (κ3) is 4.84. The van der Waals surface area contributed by atoms with Crippen LogP contribution in [-0.2, 0) is 11.2 Å². The van der Waals surface area contributed by atoms with Crippen LogP contribution in [0.2, 0.25) is 0 Å². The molecule has 0 radical (unpaired) electrons. The number of benzene rings is 2. The van der Waals surface area contributed by atoms with Crippen molar-refractivity contribution in [1.82, 2.24) is 0 Å². The molecule has 1 aromatic heterocycles. The molecule has 29 heavy (non-hydrogen) atoms. The number of para-hydroxylation sites is 1. The minimum absolute atomic E-state index is 0.144. The number of nitrogens with two attached hydrogens (primary N) is 1. The maximum atomic E-state index is 12.5. The molecule has 0 fully saturated rings. The van der Waals surface area contributed by atoms with Gasteiger partial charge in [0.15, 0.2) is 6.61 Å². The highest BCUT2D eigenvalue weighted by molar-refractivity contribution is 7.17. The Morgan fingerprint density at radius 1 is 1.00 bits per heavy atom. The van der Waals surface area contributed by atoms with Crippen LogP contribution in [0.3, 0.4) is 0 Å². The van der Waals surface area contributed by atoms with E-state index in [1.165, 1.54) is 11.3 Å². The van der Waals surface area contributed by atoms with Gasteiger partial charge in [0.1, 0.15) is 10.8 Å². The van der Waals surface area contributed by atoms with Gasteiger partial charge >= 0.3 is 0 Å². The van der Waals surface area contributed by atoms with Gasteiger partial charge in [-0.05, 0) is 43.0 Å². The molecule has 0 atom stereocenters. The zero-order valence-corrected chi connectivity index (χ0v) is 17.6. The number of anilines is 1. The van der Waals surface area contributed by atoms with E-state index in [2.05, 4.69) is 5.32 Å². The average Bonchev–Trinajstić information content (AvgIpc) is 2.97. The van der Waals surface area contributed by atoms with Gasteiger partial charge in [-0.2, -0.15) is 0 Å². The van der Waals surface area contributed by atoms with Gasteiger partial charge in [-0.15, -0.1) is 11.3 Å². The Morgan fingerprint density at radius 2 is 1.66 bits per heavy atom. The molecule has 2 aromatic carbocycles. The summed E-state index contributed by atoms with van der Waals surface area (Å²) in [6.45, 7) is 5.58. The topological polar surface area (TPSA) is 81.4 Å². The third-order valence-electron chi connectivity index (χ3n) is 4.71. The van der Waals surface area contributed by atoms with Crippen LogP contribution >= 0.6 is 11.3 Å². The molecular formula is C23H24N2O3S. The summed E-state index contributed by atoms with van der Waals surface area (Å²) in [5.74, 6) is -0.184. The molecular weight excluding hydrogens is 384 g/mol. The molecule has 3 aromatic rings. The number of carbonyl (C=O) groups is 2. The Balaban J connectivity index is 1.76. The van der Waals surface area contributed by atoms with E-state index < -0.39 is 5.91 Å². The van der Waals surface area contributed by atoms with Gasteiger partial charge in [-0.1, -0.05) is 48.5 Å². The van der Waals surface area contributed by atoms with Gasteiger partial charge in [-0.25, -0.2) is 0 Å². The van der Waals surface area contributed by atoms with Crippen LogP contribution in [0.5, 0.6) is 5.75 Å². The van der Waals surface area contributed by atoms with Crippen LogP contribution in [0.25, 0.3) is 0 Å². The van der Waals surface area contributed by atoms with E-state index in [9.17, 15) is 9.59 Å². The summed E-state index contributed by atoms with van der Waals surface area (Å²) in [4.78, 5) is 25.5. The molecule has 0 saturated heterocycles. The predicted molar refractivity (Wildman–Crippen MR) is 117 cm³/mol. The minimum Gasteiger partial charge on any atom is -0.483 e. The van der Waals surface area contributed by atoms with Crippen LogP contribution < -0.4 is 15.8 Å². The van der Waals surface area contributed by atoms with Crippen molar-refractivity contribution in [3.05, 3.63) is 81.2 Å². The summed E-state index contributed by atoms with van der Waals surface area (Å²) in [6, 6.07) is 15.8. The number of hydrogen-bond donors (Lipinski definition) is 2. The molecule has 150 valence electrons. The number of rotatable bonds is 7. The molecule has 0 aliphatic carbocycles. The molecule has 0 spiro atoms. The number of nitrogens with one attached hydrogen (secondary N) is 1. The normalized spacial score (nSPS) is 10.6. The lowest BCUT2D eigenvalue weighted by molar-refractivity contribution is -0.118. The Morgan fingerprint density at radius 3 is 2.28 bits per heavy atom. The number of amides is 2. The molecule has 1 heterocycles. The first kappa shape index (κ1) is 20.6. The smallest absolute Gasteiger partial charge is 0.262 e. The largest absolute Gasteiger partial charge is 0.483 e. The minimum atomic E-state index is -0.552. The molecule has 3 rings (SSSR count). The lowest BCUT2D eigenvalue weighted by Gasteiger charge is -2.11. The first-order chi connectivity index (χ1) is 13.9. The molecule has 0 saturated carbocycles. The second-order valence-corrected chi connectivity index (χ2v) is 8.04. The standard InChI is InChI=1S/C23H24N2O3S/c1-14-8-7-9-15(2)21(14)28-13-19(26)25-23-20(22(24)27)16(3)18(29-23)12-17-10-5-4-6-11-17/h4-11H,12-13H2,1-3H3,(H2,24,27)(H,25,26). The summed E-state index contributed by atoms with van der Waals surface area (Å²) in [5.41, 5.74) is 9.81. The van der Waals surface area contributed by atoms with Crippen molar-refractivity contribution in [2.45, 2.75) is 27.2 Å². The van der Waals surface area contributed by atoms with E-state index >= 15 is 0 Å². The summed E-state index contributed by atoms with van der Waals surface area (Å²) in [5, 5.41) is 3.27. The van der Waals surface area contributed by atoms with Crippen LogP contribution in [0.15, 0.2) is 48.5 Å². The lowest BCUT2D eigenvalue weighted by Crippen LogP contribution is -2.22. The fraction of sp³-hybridized carbons (Fsp3) is 0.217. The SMILES string of the molecule is Cc1cccc(C)c1OCC(=O)Nc1sc(Cc2ccccc2)c(C)c1C(N)=O. The van der Waals surface area contributed by atoms with E-state index in [1.807, 2.05) is 69.3 Å². The van der Waals surface area contributed by atoms with Crippen molar-refractivity contribution in [3.8, 4) is 5.75 Å². The van der Waals surface area contributed by atoms with Gasteiger partial charge in [0.05, 0.1) is 5.56 Å². The van der Waals surface area contributed by atoms with Crippen molar-refractivity contribution in [2.24, 2.45) is 5.73 Å². The van der Waals surface area contributed by atoms with Gasteiger partial charge in [0.25, 0.3) is 11.8 Å². The zero-order valence-electron chi connectivity index (χ0n) is 16.7. The van der Waals surface area contributed by atoms with Gasteiger partial charge in [0, 0.05) is 11.3 Å². The number of thiophene rings is 1. The number of hydrogen-bond acceptors (Lipinski definition) is 4. The summed E-state index contributed by atoms with van der Waals surface area (Å²) >= 11 is 1.38. The highest BCUT2D eigenvalue weighted by Crippen LogP contribution is 2.34. The zero-order chi connectivity index (χ0) is 21.0. The molecule has 5 nitrogen and oxygen atoms in total. The summed E-state index contributed by atoms with van der Waals surface area (Å²) < 4.78 is 5.71. The predicted octanol–water partition coefficient (Wildman–Crippen LogP) is 4.38. The van der Waals surface area contributed by atoms with Gasteiger partial charge < -0.3 is 15.8 Å². The van der Waals surface area contributed by atoms with E-state index in [0.717, 1.165) is 27.1 Å². The molecule has 3 N–H and O–H groups in total. The first-order valence-electron chi connectivity index (χ1n) is 9.31. The van der Waals surface area contributed by atoms with Crippen molar-refractivity contribution in [2.75, 3.05) is 11.9 Å². The van der Waals surface area contributed by atoms with E-state index in [0.29, 0.717) is 22.7 Å². The quantitative estimate of drug-likeness (QED) is 0.609. The number of carbonyl (C=O) groups excluding carboxylic acids is 2. The van der Waals surface area contributed by atoms with Crippen molar-refractivity contribution < 1.29 is 14.3 Å². The number of aryl methyl sites for hydroxylation is 2. The lowest BCUT2D eigenvalue weighted by atomic mass is 10.1. The fourth-order valence-corrected chi connectivity index (χ4v) is 4.48. The van der Waals surface area contributed by atoms with Crippen LogP contribution in [0.1, 0.15) is 37.5 Å². The van der Waals surface area contributed by atoms with Gasteiger partial charge in [0.2, 0.25) is 0 Å². The average molecular weight is 409 g/mol. The molecule has 0 aliphatic rings. The van der Waals surface area contributed by atoms with Gasteiger partial charge in [-0.3, -0.25) is 9.59 Å². The molecule has 0 aliphatic heterocycles. The van der Waals surface area contributed by atoms with Crippen LogP contribution in [-0.4, -0.2) is 18.4 Å². The maximum absolute atomic E-state index is 12.5. The monoisotopic (exact) mass is 408 g/mol. The fourth-order valence-electron chi connectivity index (χ4n) is 3.22. The van der Waals surface area contributed by atoms with E-state index in [4.69, 9.17) is 10.5 Å². The Labute approximate surface area is 174 Å². The second-order valence-electron chi connectivity index (χ2n) is 6.94. The number of primary amides is 1. The Bertz CT molecular complexity index is 1020. The van der Waals surface area contributed by atoms with Crippen LogP contribution in [0.4, 0.5) is 5.00 Å². The highest BCUT2D eigenvalue weighted by Gasteiger charge is 2.21. The number of ether oxygens (including phenoxy) is 1. The molecule has 0 unspecified atom stereocenters. The second kappa shape index (κ2) is 8.92. The Kier molecular flexibility index (Phi) is 6.34. The van der Waals surface area contributed by atoms with Crippen molar-refractivity contribution >= 4 is 28.2 Å². The summed E-state index contributed by atoms with van der Waals surface area (Å²) in [6.07, 6.45) is 0.673. The third-order valence-corrected chi connectivity index (χ3v) is 5.92. The van der Waals surface area contributed by atoms with Crippen LogP contribution in [0, 0.1) is 20.8 Å². The van der Waals surface area contributed by atoms with E-state index in [1.54, 1.807) is 0 Å². The van der Waals surface area contributed by atoms with Crippen molar-refractivity contribution in [1.29, 1.82) is 0 Å². The molecule has 6 heteroatoms. The van der Waals surface area contributed by atoms with Crippen molar-refractivity contribution in [3.63, 3.8) is 0 Å². The first-order valence-corrected chi connectivity index (χ1v) is 10.1. The molecule has 0 bridgehead atoms. The maximum Gasteiger partial charge on any atom is 0.262 e. The Hall–Kier alpha value is -3.12.